The number of halogens is 4. The Kier molecular flexibility index (Phi) is 5.13. The Bertz CT molecular complexity index is 810. The lowest BCUT2D eigenvalue weighted by Crippen LogP contribution is -2.42. The maximum absolute atomic E-state index is 14.6. The van der Waals surface area contributed by atoms with Gasteiger partial charge in [0.05, 0.1) is 0 Å². The number of hydrazone groups is 1. The molecule has 11 heteroatoms. The molecule has 0 radical (unpaired) electrons. The molecule has 1 heterocycles. The van der Waals surface area contributed by atoms with E-state index >= 15 is 0 Å². The van der Waals surface area contributed by atoms with Crippen molar-refractivity contribution in [3.05, 3.63) is 23.5 Å². The fourth-order valence-corrected chi connectivity index (χ4v) is 2.97. The normalized spacial score (nSPS) is 21.4. The molecule has 1 aromatic rings. The number of ether oxygens (including phenoxy) is 1. The molecular weight excluding hydrogens is 386 g/mol. The van der Waals surface area contributed by atoms with Crippen molar-refractivity contribution in [1.82, 2.24) is 4.90 Å². The smallest absolute Gasteiger partial charge is 0.425 e. The van der Waals surface area contributed by atoms with E-state index in [9.17, 15) is 32.6 Å². The fraction of sp³-hybridized carbons (Fsp3) is 0.529. The molecule has 0 saturated heterocycles. The quantitative estimate of drug-likeness (QED) is 0.733. The van der Waals surface area contributed by atoms with E-state index < -0.39 is 41.7 Å². The van der Waals surface area contributed by atoms with Crippen LogP contribution in [0.15, 0.2) is 17.2 Å². The van der Waals surface area contributed by atoms with Gasteiger partial charge in [0.1, 0.15) is 28.7 Å². The minimum Gasteiger partial charge on any atom is -0.480 e. The molecule has 1 aromatic carbocycles. The van der Waals surface area contributed by atoms with E-state index in [1.54, 1.807) is 7.05 Å². The van der Waals surface area contributed by atoms with Gasteiger partial charge in [0, 0.05) is 19.0 Å². The Morgan fingerprint density at radius 2 is 2.00 bits per heavy atom. The molecular formula is C17H19F4N3O4. The minimum atomic E-state index is -4.74. The molecule has 28 heavy (non-hydrogen) atoms. The first-order valence-electron chi connectivity index (χ1n) is 8.59. The summed E-state index contributed by atoms with van der Waals surface area (Å²) in [5.74, 6) is -2.74. The summed E-state index contributed by atoms with van der Waals surface area (Å²) in [7, 11) is 1.56. The first-order valence-corrected chi connectivity index (χ1v) is 8.59. The number of hydrogen-bond donors (Lipinski definition) is 2. The Labute approximate surface area is 157 Å². The van der Waals surface area contributed by atoms with Crippen molar-refractivity contribution in [2.75, 3.05) is 12.1 Å². The fourth-order valence-electron chi connectivity index (χ4n) is 2.97. The summed E-state index contributed by atoms with van der Waals surface area (Å²) >= 11 is 0. The van der Waals surface area contributed by atoms with Crippen LogP contribution in [0, 0.1) is 11.7 Å². The number of anilines is 1. The van der Waals surface area contributed by atoms with E-state index in [4.69, 9.17) is 4.74 Å². The monoisotopic (exact) mass is 405 g/mol. The van der Waals surface area contributed by atoms with Gasteiger partial charge in [-0.15, -0.1) is 0 Å². The summed E-state index contributed by atoms with van der Waals surface area (Å²) in [5, 5.41) is 24.7. The number of carbonyl (C=O) groups is 1. The third-order valence-electron chi connectivity index (χ3n) is 4.90. The molecule has 0 bridgehead atoms. The van der Waals surface area contributed by atoms with Crippen molar-refractivity contribution >= 4 is 17.5 Å². The van der Waals surface area contributed by atoms with Gasteiger partial charge in [-0.05, 0) is 25.8 Å². The van der Waals surface area contributed by atoms with E-state index in [2.05, 4.69) is 5.10 Å². The van der Waals surface area contributed by atoms with Gasteiger partial charge < -0.3 is 19.8 Å². The molecule has 7 nitrogen and oxygen atoms in total. The molecule has 2 N–H and O–H groups in total. The number of rotatable bonds is 5. The van der Waals surface area contributed by atoms with Crippen LogP contribution in [0.1, 0.15) is 36.5 Å². The maximum atomic E-state index is 14.6. The van der Waals surface area contributed by atoms with Crippen LogP contribution in [0.3, 0.4) is 0 Å². The van der Waals surface area contributed by atoms with Crippen molar-refractivity contribution < 1.29 is 37.3 Å². The number of carboxylic acid groups (broad SMARTS) is 1. The molecule has 2 atom stereocenters. The van der Waals surface area contributed by atoms with Crippen LogP contribution < -0.4 is 9.75 Å². The van der Waals surface area contributed by atoms with Gasteiger partial charge in [0.2, 0.25) is 6.35 Å². The number of alkyl halides is 3. The lowest BCUT2D eigenvalue weighted by atomic mass is 9.84. The highest BCUT2D eigenvalue weighted by Crippen LogP contribution is 2.37. The SMILES string of the molecule is C[C@H](Oc1cc(N2N=C(C3CCC3)N(C)C2O)c(F)cc1C(=O)O)C(F)(F)F. The highest BCUT2D eigenvalue weighted by atomic mass is 19.4. The third kappa shape index (κ3) is 3.58. The summed E-state index contributed by atoms with van der Waals surface area (Å²) in [6.45, 7) is 0.708. The van der Waals surface area contributed by atoms with E-state index in [1.165, 1.54) is 4.90 Å². The van der Waals surface area contributed by atoms with E-state index in [1.807, 2.05) is 0 Å². The van der Waals surface area contributed by atoms with Gasteiger partial charge in [-0.2, -0.15) is 18.3 Å². The zero-order valence-electron chi connectivity index (χ0n) is 15.1. The number of aliphatic hydroxyl groups is 1. The molecule has 1 aliphatic carbocycles. The number of amidine groups is 1. The number of benzene rings is 1. The van der Waals surface area contributed by atoms with Crippen LogP contribution >= 0.6 is 0 Å². The highest BCUT2D eigenvalue weighted by Gasteiger charge is 2.40. The molecule has 3 rings (SSSR count). The number of nitrogens with zero attached hydrogens (tertiary/aromatic N) is 3. The topological polar surface area (TPSA) is 85.6 Å². The first-order chi connectivity index (χ1) is 13.0. The lowest BCUT2D eigenvalue weighted by molar-refractivity contribution is -0.189. The van der Waals surface area contributed by atoms with Crippen LogP contribution in [0.2, 0.25) is 0 Å². The molecule has 0 amide bonds. The van der Waals surface area contributed by atoms with Crippen molar-refractivity contribution in [1.29, 1.82) is 0 Å². The molecule has 1 fully saturated rings. The predicted octanol–water partition coefficient (Wildman–Crippen LogP) is 2.99. The Balaban J connectivity index is 2.00. The molecule has 1 unspecified atom stereocenters. The van der Waals surface area contributed by atoms with Gasteiger partial charge in [-0.25, -0.2) is 14.2 Å². The van der Waals surface area contributed by atoms with Gasteiger partial charge in [0.15, 0.2) is 6.10 Å². The number of carboxylic acids is 1. The van der Waals surface area contributed by atoms with Crippen LogP contribution in [0.25, 0.3) is 0 Å². The third-order valence-corrected chi connectivity index (χ3v) is 4.90. The summed E-state index contributed by atoms with van der Waals surface area (Å²) in [6.07, 6.45) is -5.71. The Hall–Kier alpha value is -2.56. The van der Waals surface area contributed by atoms with Crippen molar-refractivity contribution in [2.45, 2.75) is 44.8 Å². The molecule has 2 aliphatic rings. The standard InChI is InChI=1S/C17H19F4N3O4/c1-8(17(19,20)21)28-13-7-12(11(18)6-10(13)15(25)26)24-16(27)23(2)14(22-24)9-4-3-5-9/h6-9,16,27H,3-5H2,1-2H3,(H,25,26)/t8-,16?/m0/s1. The van der Waals surface area contributed by atoms with Gasteiger partial charge in [0.25, 0.3) is 0 Å². The molecule has 1 aliphatic heterocycles. The van der Waals surface area contributed by atoms with E-state index in [0.29, 0.717) is 18.8 Å². The summed E-state index contributed by atoms with van der Waals surface area (Å²) in [4.78, 5) is 12.8. The van der Waals surface area contributed by atoms with Crippen molar-refractivity contribution in [3.63, 3.8) is 0 Å². The Morgan fingerprint density at radius 3 is 2.50 bits per heavy atom. The van der Waals surface area contributed by atoms with Gasteiger partial charge in [-0.1, -0.05) is 6.42 Å². The minimum absolute atomic E-state index is 0.104. The highest BCUT2D eigenvalue weighted by molar-refractivity contribution is 5.92. The van der Waals surface area contributed by atoms with Crippen LogP contribution in [0.4, 0.5) is 23.2 Å². The molecule has 1 saturated carbocycles. The second-order valence-electron chi connectivity index (χ2n) is 6.79. The zero-order valence-corrected chi connectivity index (χ0v) is 15.1. The van der Waals surface area contributed by atoms with Crippen molar-refractivity contribution in [3.8, 4) is 5.75 Å². The van der Waals surface area contributed by atoms with Crippen molar-refractivity contribution in [2.24, 2.45) is 11.0 Å². The first kappa shape index (κ1) is 20.2. The average Bonchev–Trinajstić information content (AvgIpc) is 2.82. The number of aromatic carboxylic acids is 1. The summed E-state index contributed by atoms with van der Waals surface area (Å²) < 4.78 is 57.8. The average molecular weight is 405 g/mol. The van der Waals surface area contributed by atoms with Gasteiger partial charge in [-0.3, -0.25) is 0 Å². The molecule has 154 valence electrons. The number of aliphatic hydroxyl groups excluding tert-OH is 1. The van der Waals surface area contributed by atoms with Crippen LogP contribution in [-0.2, 0) is 0 Å². The Morgan fingerprint density at radius 1 is 1.36 bits per heavy atom. The molecule has 0 aromatic heterocycles. The zero-order chi connectivity index (χ0) is 20.8. The van der Waals surface area contributed by atoms with Crippen LogP contribution in [-0.4, -0.2) is 52.6 Å². The van der Waals surface area contributed by atoms with Gasteiger partial charge >= 0.3 is 12.1 Å². The largest absolute Gasteiger partial charge is 0.480 e. The lowest BCUT2D eigenvalue weighted by Gasteiger charge is -2.30. The van der Waals surface area contributed by atoms with Crippen LogP contribution in [0.5, 0.6) is 5.75 Å². The predicted molar refractivity (Wildman–Crippen MR) is 90.5 cm³/mol. The second kappa shape index (κ2) is 7.12. The second-order valence-corrected chi connectivity index (χ2v) is 6.79. The maximum Gasteiger partial charge on any atom is 0.425 e. The number of hydrogen-bond acceptors (Lipinski definition) is 6. The van der Waals surface area contributed by atoms with E-state index in [-0.39, 0.29) is 11.6 Å². The van der Waals surface area contributed by atoms with E-state index in [0.717, 1.165) is 30.3 Å². The molecule has 0 spiro atoms. The summed E-state index contributed by atoms with van der Waals surface area (Å²) in [6, 6.07) is 1.37. The summed E-state index contributed by atoms with van der Waals surface area (Å²) in [5.41, 5.74) is -1.15.